The summed E-state index contributed by atoms with van der Waals surface area (Å²) in [4.78, 5) is 30.9. The van der Waals surface area contributed by atoms with E-state index in [1.54, 1.807) is 33.8 Å². The molecular formula is C20H28F3N3O4. The number of likely N-dealkylation sites (tertiary alicyclic amines) is 1. The van der Waals surface area contributed by atoms with E-state index in [9.17, 15) is 22.8 Å². The van der Waals surface area contributed by atoms with Crippen LogP contribution in [0.3, 0.4) is 0 Å². The Bertz CT molecular complexity index is 778. The number of aryl methyl sites for hydroxylation is 1. The molecule has 1 aromatic rings. The van der Waals surface area contributed by atoms with Gasteiger partial charge < -0.3 is 19.3 Å². The molecule has 0 bridgehead atoms. The Labute approximate surface area is 174 Å². The van der Waals surface area contributed by atoms with E-state index < -0.39 is 29.8 Å². The van der Waals surface area contributed by atoms with Crippen molar-refractivity contribution in [3.63, 3.8) is 0 Å². The fourth-order valence-electron chi connectivity index (χ4n) is 3.33. The molecule has 0 aliphatic carbocycles. The molecule has 2 rings (SSSR count). The molecule has 30 heavy (non-hydrogen) atoms. The molecule has 1 aromatic heterocycles. The SMILES string of the molecule is COc1cc(CN(C(=O)C(F)(F)F)[C@H]2CCCN(C(=O)OC(C)(C)C)C2)cc(C)n1. The van der Waals surface area contributed by atoms with Gasteiger partial charge in [0, 0.05) is 31.4 Å². The summed E-state index contributed by atoms with van der Waals surface area (Å²) in [5.74, 6) is -1.68. The number of hydrogen-bond acceptors (Lipinski definition) is 5. The molecule has 1 atom stereocenters. The Morgan fingerprint density at radius 1 is 1.27 bits per heavy atom. The minimum absolute atomic E-state index is 0.0298. The van der Waals surface area contributed by atoms with Crippen LogP contribution in [0.5, 0.6) is 5.88 Å². The minimum atomic E-state index is -5.03. The van der Waals surface area contributed by atoms with Crippen LogP contribution in [0.15, 0.2) is 12.1 Å². The van der Waals surface area contributed by atoms with E-state index >= 15 is 0 Å². The summed E-state index contributed by atoms with van der Waals surface area (Å²) in [6.45, 7) is 6.89. The van der Waals surface area contributed by atoms with Crippen LogP contribution in [0.25, 0.3) is 0 Å². The number of piperidine rings is 1. The van der Waals surface area contributed by atoms with Gasteiger partial charge in [-0.1, -0.05) is 0 Å². The molecule has 1 fully saturated rings. The molecule has 0 spiro atoms. The topological polar surface area (TPSA) is 72.0 Å². The van der Waals surface area contributed by atoms with Crippen molar-refractivity contribution in [3.8, 4) is 5.88 Å². The Balaban J connectivity index is 2.27. The van der Waals surface area contributed by atoms with Crippen molar-refractivity contribution in [2.75, 3.05) is 20.2 Å². The number of hydrogen-bond donors (Lipinski definition) is 0. The van der Waals surface area contributed by atoms with Crippen LogP contribution >= 0.6 is 0 Å². The number of aromatic nitrogens is 1. The third-order valence-corrected chi connectivity index (χ3v) is 4.54. The molecule has 0 radical (unpaired) electrons. The number of halogens is 3. The first-order chi connectivity index (χ1) is 13.8. The maximum atomic E-state index is 13.3. The van der Waals surface area contributed by atoms with Gasteiger partial charge in [0.05, 0.1) is 13.2 Å². The molecule has 2 amide bonds. The van der Waals surface area contributed by atoms with Crippen molar-refractivity contribution < 1.29 is 32.2 Å². The van der Waals surface area contributed by atoms with Gasteiger partial charge in [0.1, 0.15) is 5.60 Å². The van der Waals surface area contributed by atoms with Crippen LogP contribution in [0.2, 0.25) is 0 Å². The number of amides is 2. The van der Waals surface area contributed by atoms with E-state index in [-0.39, 0.29) is 19.0 Å². The van der Waals surface area contributed by atoms with Crippen molar-refractivity contribution in [1.29, 1.82) is 0 Å². The van der Waals surface area contributed by atoms with E-state index in [1.165, 1.54) is 18.1 Å². The Hall–Kier alpha value is -2.52. The molecule has 10 heteroatoms. The highest BCUT2D eigenvalue weighted by Crippen LogP contribution is 2.27. The van der Waals surface area contributed by atoms with Crippen LogP contribution in [0.4, 0.5) is 18.0 Å². The van der Waals surface area contributed by atoms with Gasteiger partial charge in [-0.3, -0.25) is 4.79 Å². The van der Waals surface area contributed by atoms with Crippen molar-refractivity contribution in [3.05, 3.63) is 23.4 Å². The predicted molar refractivity (Wildman–Crippen MR) is 103 cm³/mol. The number of rotatable bonds is 4. The maximum Gasteiger partial charge on any atom is 0.471 e. The largest absolute Gasteiger partial charge is 0.481 e. The van der Waals surface area contributed by atoms with Crippen LogP contribution in [0.1, 0.15) is 44.9 Å². The van der Waals surface area contributed by atoms with E-state index in [4.69, 9.17) is 9.47 Å². The smallest absolute Gasteiger partial charge is 0.471 e. The lowest BCUT2D eigenvalue weighted by Crippen LogP contribution is -2.54. The molecule has 1 aliphatic heterocycles. The lowest BCUT2D eigenvalue weighted by Gasteiger charge is -2.40. The van der Waals surface area contributed by atoms with Gasteiger partial charge in [-0.05, 0) is 52.2 Å². The fraction of sp³-hybridized carbons (Fsp3) is 0.650. The average molecular weight is 431 g/mol. The fourth-order valence-corrected chi connectivity index (χ4v) is 3.33. The summed E-state index contributed by atoms with van der Waals surface area (Å²) >= 11 is 0. The second-order valence-corrected chi connectivity index (χ2v) is 8.31. The highest BCUT2D eigenvalue weighted by molar-refractivity contribution is 5.82. The summed E-state index contributed by atoms with van der Waals surface area (Å²) in [6, 6.07) is 2.31. The first-order valence-electron chi connectivity index (χ1n) is 9.67. The number of methoxy groups -OCH3 is 1. The van der Waals surface area contributed by atoms with E-state index in [2.05, 4.69) is 4.98 Å². The summed E-state index contributed by atoms with van der Waals surface area (Å²) in [5, 5.41) is 0. The minimum Gasteiger partial charge on any atom is -0.481 e. The third-order valence-electron chi connectivity index (χ3n) is 4.54. The standard InChI is InChI=1S/C20H28F3N3O4/c1-13-9-14(10-16(24-13)29-5)11-26(17(27)20(21,22)23)15-7-6-8-25(12-15)18(28)30-19(2,3)4/h9-10,15H,6-8,11-12H2,1-5H3/t15-/m0/s1. The zero-order valence-electron chi connectivity index (χ0n) is 17.9. The average Bonchev–Trinajstić information content (AvgIpc) is 2.63. The number of nitrogens with zero attached hydrogens (tertiary/aromatic N) is 3. The van der Waals surface area contributed by atoms with Gasteiger partial charge >= 0.3 is 18.2 Å². The molecule has 0 aromatic carbocycles. The van der Waals surface area contributed by atoms with Gasteiger partial charge in [-0.2, -0.15) is 13.2 Å². The van der Waals surface area contributed by atoms with Crippen molar-refractivity contribution in [2.24, 2.45) is 0 Å². The molecule has 168 valence electrons. The number of alkyl halides is 3. The van der Waals surface area contributed by atoms with Crippen molar-refractivity contribution >= 4 is 12.0 Å². The number of pyridine rings is 1. The first-order valence-corrected chi connectivity index (χ1v) is 9.67. The first kappa shape index (κ1) is 23.8. The van der Waals surface area contributed by atoms with Gasteiger partial charge in [0.15, 0.2) is 0 Å². The number of carbonyl (C=O) groups excluding carboxylic acids is 2. The molecule has 2 heterocycles. The third kappa shape index (κ3) is 6.50. The second kappa shape index (κ2) is 9.09. The van der Waals surface area contributed by atoms with Gasteiger partial charge in [-0.15, -0.1) is 0 Å². The zero-order chi connectivity index (χ0) is 22.7. The van der Waals surface area contributed by atoms with E-state index in [0.717, 1.165) is 4.90 Å². The maximum absolute atomic E-state index is 13.3. The van der Waals surface area contributed by atoms with Crippen LogP contribution < -0.4 is 4.74 Å². The molecule has 1 aliphatic rings. The number of carbonyl (C=O) groups is 2. The summed E-state index contributed by atoms with van der Waals surface area (Å²) in [6.07, 6.45) is -4.82. The highest BCUT2D eigenvalue weighted by Gasteiger charge is 2.45. The van der Waals surface area contributed by atoms with Crippen molar-refractivity contribution in [2.45, 2.75) is 64.9 Å². The molecule has 0 unspecified atom stereocenters. The van der Waals surface area contributed by atoms with Gasteiger partial charge in [0.2, 0.25) is 5.88 Å². The van der Waals surface area contributed by atoms with Crippen LogP contribution in [-0.2, 0) is 16.1 Å². The molecule has 7 nitrogen and oxygen atoms in total. The van der Waals surface area contributed by atoms with Crippen LogP contribution in [-0.4, -0.2) is 64.8 Å². The Kier molecular flexibility index (Phi) is 7.20. The van der Waals surface area contributed by atoms with Crippen molar-refractivity contribution in [1.82, 2.24) is 14.8 Å². The lowest BCUT2D eigenvalue weighted by molar-refractivity contribution is -0.189. The molecule has 0 saturated carbocycles. The summed E-state index contributed by atoms with van der Waals surface area (Å²) in [7, 11) is 1.41. The monoisotopic (exact) mass is 431 g/mol. The van der Waals surface area contributed by atoms with E-state index in [1.807, 2.05) is 0 Å². The molecule has 0 N–H and O–H groups in total. The zero-order valence-corrected chi connectivity index (χ0v) is 17.9. The van der Waals surface area contributed by atoms with Gasteiger partial charge in [-0.25, -0.2) is 9.78 Å². The quantitative estimate of drug-likeness (QED) is 0.727. The predicted octanol–water partition coefficient (Wildman–Crippen LogP) is 3.69. The number of ether oxygens (including phenoxy) is 2. The normalized spacial score (nSPS) is 17.5. The van der Waals surface area contributed by atoms with Gasteiger partial charge in [0.25, 0.3) is 0 Å². The highest BCUT2D eigenvalue weighted by atomic mass is 19.4. The molecule has 1 saturated heterocycles. The lowest BCUT2D eigenvalue weighted by atomic mass is 10.0. The summed E-state index contributed by atoms with van der Waals surface area (Å²) < 4.78 is 50.4. The van der Waals surface area contributed by atoms with E-state index in [0.29, 0.717) is 30.6 Å². The summed E-state index contributed by atoms with van der Waals surface area (Å²) in [5.41, 5.74) is 0.297. The van der Waals surface area contributed by atoms with Crippen LogP contribution in [0, 0.1) is 6.92 Å². The Morgan fingerprint density at radius 3 is 2.50 bits per heavy atom. The Morgan fingerprint density at radius 2 is 1.93 bits per heavy atom. The second-order valence-electron chi connectivity index (χ2n) is 8.31. The molecular weight excluding hydrogens is 403 g/mol.